The lowest BCUT2D eigenvalue weighted by Crippen LogP contribution is -2.31. The second kappa shape index (κ2) is 5.77. The minimum Gasteiger partial charge on any atom is -0.363 e. The van der Waals surface area contributed by atoms with Crippen molar-refractivity contribution in [3.05, 3.63) is 39.0 Å². The number of hydrogen-bond donors (Lipinski definition) is 2. The van der Waals surface area contributed by atoms with Gasteiger partial charge < -0.3 is 11.1 Å². The van der Waals surface area contributed by atoms with Crippen LogP contribution in [-0.4, -0.2) is 32.1 Å². The van der Waals surface area contributed by atoms with Gasteiger partial charge in [0.05, 0.1) is 10.2 Å². The molecule has 0 radical (unpaired) electrons. The van der Waals surface area contributed by atoms with Crippen molar-refractivity contribution in [2.45, 2.75) is 18.4 Å². The third kappa shape index (κ3) is 2.96. The molecule has 1 aliphatic rings. The molecule has 3 N–H and O–H groups in total. The van der Waals surface area contributed by atoms with E-state index in [4.69, 9.17) is 14.9 Å². The van der Waals surface area contributed by atoms with Crippen LogP contribution in [0.2, 0.25) is 0 Å². The zero-order valence-electron chi connectivity index (χ0n) is 12.7. The first-order chi connectivity index (χ1) is 12.0. The van der Waals surface area contributed by atoms with E-state index in [9.17, 15) is 9.18 Å². The molecule has 1 aliphatic carbocycles. The van der Waals surface area contributed by atoms with E-state index < -0.39 is 11.6 Å². The maximum Gasteiger partial charge on any atom is 0.446 e. The predicted molar refractivity (Wildman–Crippen MR) is 87.7 cm³/mol. The summed E-state index contributed by atoms with van der Waals surface area (Å²) in [5.74, 6) is -0.841. The van der Waals surface area contributed by atoms with E-state index in [0.29, 0.717) is 18.1 Å². The molecule has 0 aliphatic heterocycles. The molecule has 2 heterocycles. The van der Waals surface area contributed by atoms with Gasteiger partial charge >= 0.3 is 5.76 Å². The number of rotatable bonds is 5. The largest absolute Gasteiger partial charge is 0.446 e. The highest BCUT2D eigenvalue weighted by atomic mass is 79.9. The molecule has 0 unspecified atom stereocenters. The van der Waals surface area contributed by atoms with Crippen LogP contribution in [0.4, 0.5) is 10.2 Å². The zero-order chi connectivity index (χ0) is 17.6. The van der Waals surface area contributed by atoms with E-state index in [1.165, 1.54) is 18.2 Å². The van der Waals surface area contributed by atoms with Crippen LogP contribution >= 0.6 is 15.9 Å². The molecule has 9 nitrogen and oxygen atoms in total. The second-order valence-electron chi connectivity index (χ2n) is 5.88. The Morgan fingerprint density at radius 2 is 2.16 bits per heavy atom. The Morgan fingerprint density at radius 1 is 1.36 bits per heavy atom. The summed E-state index contributed by atoms with van der Waals surface area (Å²) >= 11 is 3.08. The third-order valence-corrected chi connectivity index (χ3v) is 4.57. The molecular formula is C14H12BrFN6O3. The van der Waals surface area contributed by atoms with Crippen LogP contribution < -0.4 is 16.8 Å². The Hall–Kier alpha value is -2.53. The molecule has 11 heteroatoms. The Bertz CT molecular complexity index is 993. The molecule has 0 amide bonds. The summed E-state index contributed by atoms with van der Waals surface area (Å²) in [6.45, 7) is 0.485. The first-order valence-corrected chi connectivity index (χ1v) is 8.16. The van der Waals surface area contributed by atoms with E-state index in [1.807, 2.05) is 0 Å². The van der Waals surface area contributed by atoms with Crippen molar-refractivity contribution in [1.82, 2.24) is 20.0 Å². The smallest absolute Gasteiger partial charge is 0.363 e. The summed E-state index contributed by atoms with van der Waals surface area (Å²) in [5, 5.41) is 14.4. The van der Waals surface area contributed by atoms with E-state index in [0.717, 1.165) is 17.4 Å². The molecule has 2 aromatic heterocycles. The highest BCUT2D eigenvalue weighted by Crippen LogP contribution is 2.33. The highest BCUT2D eigenvalue weighted by molar-refractivity contribution is 9.10. The van der Waals surface area contributed by atoms with E-state index in [2.05, 4.69) is 36.7 Å². The van der Waals surface area contributed by atoms with Gasteiger partial charge in [-0.1, -0.05) is 5.16 Å². The minimum absolute atomic E-state index is 0.0779. The molecule has 0 saturated heterocycles. The summed E-state index contributed by atoms with van der Waals surface area (Å²) in [7, 11) is 0. The van der Waals surface area contributed by atoms with Crippen LogP contribution in [0.25, 0.3) is 17.2 Å². The van der Waals surface area contributed by atoms with E-state index >= 15 is 0 Å². The van der Waals surface area contributed by atoms with Gasteiger partial charge in [0.25, 0.3) is 0 Å². The van der Waals surface area contributed by atoms with Crippen LogP contribution in [0, 0.1) is 5.82 Å². The van der Waals surface area contributed by atoms with Crippen molar-refractivity contribution < 1.29 is 13.5 Å². The molecule has 0 bridgehead atoms. The lowest BCUT2D eigenvalue weighted by Gasteiger charge is -2.09. The highest BCUT2D eigenvalue weighted by Gasteiger charge is 2.38. The monoisotopic (exact) mass is 410 g/mol. The maximum absolute atomic E-state index is 13.5. The van der Waals surface area contributed by atoms with Crippen molar-refractivity contribution in [2.24, 2.45) is 5.73 Å². The molecule has 1 saturated carbocycles. The Morgan fingerprint density at radius 3 is 2.88 bits per heavy atom. The fraction of sp³-hybridized carbons (Fsp3) is 0.286. The number of aromatic nitrogens is 4. The number of nitrogens with two attached hydrogens (primary N) is 1. The first-order valence-electron chi connectivity index (χ1n) is 7.37. The number of nitrogens with one attached hydrogen (secondary N) is 1. The van der Waals surface area contributed by atoms with Gasteiger partial charge in [-0.2, -0.15) is 0 Å². The van der Waals surface area contributed by atoms with Crippen molar-refractivity contribution in [2.75, 3.05) is 11.9 Å². The van der Waals surface area contributed by atoms with Gasteiger partial charge in [-0.15, -0.1) is 0 Å². The Kier molecular flexibility index (Phi) is 3.69. The molecule has 1 fully saturated rings. The fourth-order valence-electron chi connectivity index (χ4n) is 2.30. The summed E-state index contributed by atoms with van der Waals surface area (Å²) in [5.41, 5.74) is 6.31. The topological polar surface area (TPSA) is 125 Å². The zero-order valence-corrected chi connectivity index (χ0v) is 14.3. The molecule has 130 valence electrons. The Balaban J connectivity index is 1.74. The number of anilines is 1. The predicted octanol–water partition coefficient (Wildman–Crippen LogP) is 1.68. The number of nitrogens with zero attached hydrogens (tertiary/aromatic N) is 4. The lowest BCUT2D eigenvalue weighted by molar-refractivity contribution is 0.309. The second-order valence-corrected chi connectivity index (χ2v) is 6.74. The Labute approximate surface area is 148 Å². The van der Waals surface area contributed by atoms with Crippen molar-refractivity contribution in [3.63, 3.8) is 0 Å². The molecule has 1 aromatic carbocycles. The summed E-state index contributed by atoms with van der Waals surface area (Å²) in [6.07, 6.45) is 1.83. The van der Waals surface area contributed by atoms with Gasteiger partial charge in [0.15, 0.2) is 5.69 Å². The number of halogens is 2. The van der Waals surface area contributed by atoms with Crippen molar-refractivity contribution >= 4 is 21.7 Å². The van der Waals surface area contributed by atoms with Crippen molar-refractivity contribution in [3.8, 4) is 17.2 Å². The van der Waals surface area contributed by atoms with E-state index in [1.54, 1.807) is 0 Å². The molecule has 25 heavy (non-hydrogen) atoms. The lowest BCUT2D eigenvalue weighted by atomic mass is 10.2. The third-order valence-electron chi connectivity index (χ3n) is 3.97. The average Bonchev–Trinajstić information content (AvgIpc) is 2.98. The van der Waals surface area contributed by atoms with Gasteiger partial charge in [0.2, 0.25) is 11.6 Å². The van der Waals surface area contributed by atoms with E-state index in [-0.39, 0.29) is 21.5 Å². The molecule has 3 aromatic rings. The summed E-state index contributed by atoms with van der Waals surface area (Å²) < 4.78 is 24.3. The summed E-state index contributed by atoms with van der Waals surface area (Å²) in [6, 6.07) is 4.06. The first kappa shape index (κ1) is 16.0. The van der Waals surface area contributed by atoms with Gasteiger partial charge in [0, 0.05) is 12.1 Å². The molecule has 0 atom stereocenters. The standard InChI is InChI=1S/C14H12BrFN6O3/c15-8-5-7(1-2-9(8)16)22-12(21-24-13(22)23)10-11(20-25-19-10)18-6-14(17)3-4-14/h1-2,5H,3-4,6,17H2,(H,18,20). The molecular weight excluding hydrogens is 399 g/mol. The van der Waals surface area contributed by atoms with Crippen LogP contribution in [0.15, 0.2) is 36.6 Å². The SMILES string of the molecule is NC1(CNc2nonc2-c2noc(=O)n2-c2ccc(F)c(Br)c2)CC1. The average molecular weight is 411 g/mol. The van der Waals surface area contributed by atoms with Gasteiger partial charge in [-0.05, 0) is 57.3 Å². The van der Waals surface area contributed by atoms with Gasteiger partial charge in [-0.25, -0.2) is 18.4 Å². The quantitative estimate of drug-likeness (QED) is 0.650. The summed E-state index contributed by atoms with van der Waals surface area (Å²) in [4.78, 5) is 12.1. The molecule has 4 rings (SSSR count). The number of hydrogen-bond acceptors (Lipinski definition) is 8. The van der Waals surface area contributed by atoms with Gasteiger partial charge in [-0.3, -0.25) is 4.52 Å². The van der Waals surface area contributed by atoms with Crippen LogP contribution in [0.1, 0.15) is 12.8 Å². The maximum atomic E-state index is 13.5. The molecule has 0 spiro atoms. The van der Waals surface area contributed by atoms with Crippen molar-refractivity contribution in [1.29, 1.82) is 0 Å². The van der Waals surface area contributed by atoms with Crippen LogP contribution in [0.3, 0.4) is 0 Å². The van der Waals surface area contributed by atoms with Crippen LogP contribution in [0.5, 0.6) is 0 Å². The van der Waals surface area contributed by atoms with Gasteiger partial charge in [0.1, 0.15) is 5.82 Å². The fourth-order valence-corrected chi connectivity index (χ4v) is 2.67. The number of benzene rings is 1. The normalized spacial score (nSPS) is 15.3. The minimum atomic E-state index is -0.750. The van der Waals surface area contributed by atoms with Crippen LogP contribution in [-0.2, 0) is 0 Å².